The van der Waals surface area contributed by atoms with Crippen molar-refractivity contribution in [2.75, 3.05) is 0 Å². The van der Waals surface area contributed by atoms with Gasteiger partial charge in [0.05, 0.1) is 18.0 Å². The van der Waals surface area contributed by atoms with E-state index in [0.29, 0.717) is 6.42 Å². The average Bonchev–Trinajstić information content (AvgIpc) is 3.29. The number of rotatable bonds is 5. The van der Waals surface area contributed by atoms with Gasteiger partial charge in [0.2, 0.25) is 0 Å². The molecule has 0 aliphatic carbocycles. The fourth-order valence-electron chi connectivity index (χ4n) is 3.89. The summed E-state index contributed by atoms with van der Waals surface area (Å²) in [6.45, 7) is 3.32. The Morgan fingerprint density at radius 3 is 2.03 bits per heavy atom. The summed E-state index contributed by atoms with van der Waals surface area (Å²) < 4.78 is 2.13. The zero-order chi connectivity index (χ0) is 23.9. The minimum Gasteiger partial charge on any atom is -0.393 e. The van der Waals surface area contributed by atoms with Crippen molar-refractivity contribution in [3.05, 3.63) is 103 Å². The normalized spacial score (nSPS) is 12.2. The van der Waals surface area contributed by atoms with Gasteiger partial charge in [0, 0.05) is 36.7 Å². The van der Waals surface area contributed by atoms with Crippen molar-refractivity contribution in [2.24, 2.45) is 0 Å². The van der Waals surface area contributed by atoms with Crippen LogP contribution in [0.25, 0.3) is 39.2 Å². The van der Waals surface area contributed by atoms with Crippen LogP contribution in [-0.2, 0) is 20.1 Å². The first-order chi connectivity index (χ1) is 16.5. The van der Waals surface area contributed by atoms with E-state index >= 15 is 0 Å². The predicted molar refractivity (Wildman–Crippen MR) is 137 cm³/mol. The topological polar surface area (TPSA) is 71.2 Å². The molecule has 0 amide bonds. The quantitative estimate of drug-likeness (QED) is 0.242. The summed E-state index contributed by atoms with van der Waals surface area (Å²) in [7, 11) is 0. The number of aliphatic hydroxyl groups is 2. The second-order valence-electron chi connectivity index (χ2n) is 8.26. The Morgan fingerprint density at radius 1 is 0.743 bits per heavy atom. The van der Waals surface area contributed by atoms with Crippen LogP contribution in [0, 0.1) is 6.07 Å². The second-order valence-corrected chi connectivity index (χ2v) is 8.26. The first-order valence-electron chi connectivity index (χ1n) is 11.4. The Morgan fingerprint density at radius 2 is 1.37 bits per heavy atom. The number of benzene rings is 4. The van der Waals surface area contributed by atoms with Crippen LogP contribution in [0.1, 0.15) is 20.3 Å². The van der Waals surface area contributed by atoms with Gasteiger partial charge in [-0.05, 0) is 31.7 Å². The Hall–Kier alpha value is -3.15. The van der Waals surface area contributed by atoms with Gasteiger partial charge in [-0.3, -0.25) is 0 Å². The van der Waals surface area contributed by atoms with Crippen LogP contribution in [0.2, 0.25) is 0 Å². The van der Waals surface area contributed by atoms with Crippen molar-refractivity contribution in [3.63, 3.8) is 0 Å². The molecule has 0 aliphatic heterocycles. The molecule has 6 heteroatoms. The van der Waals surface area contributed by atoms with Gasteiger partial charge in [-0.25, -0.2) is 0 Å². The third kappa shape index (κ3) is 6.50. The van der Waals surface area contributed by atoms with E-state index in [9.17, 15) is 0 Å². The molecule has 0 bridgehead atoms. The number of aromatic nitrogens is 3. The predicted octanol–water partition coefficient (Wildman–Crippen LogP) is 5.69. The molecule has 2 N–H and O–H groups in total. The van der Waals surface area contributed by atoms with Crippen molar-refractivity contribution < 1.29 is 30.3 Å². The first-order valence-corrected chi connectivity index (χ1v) is 11.4. The summed E-state index contributed by atoms with van der Waals surface area (Å²) in [6.07, 6.45) is -0.278. The van der Waals surface area contributed by atoms with Gasteiger partial charge in [0.1, 0.15) is 0 Å². The minimum atomic E-state index is -0.375. The van der Waals surface area contributed by atoms with E-state index in [2.05, 4.69) is 75.4 Å². The fraction of sp³-hybridized carbons (Fsp3) is 0.172. The van der Waals surface area contributed by atoms with Crippen LogP contribution in [0.15, 0.2) is 97.1 Å². The minimum absolute atomic E-state index is 0. The van der Waals surface area contributed by atoms with Crippen LogP contribution >= 0.6 is 0 Å². The SMILES string of the molecule is CC(O)CC(C)O.[Ir].[c-]1ccccc1-c1nnc(-c2ccccc2)n1-c1cccc2ccccc12. The van der Waals surface area contributed by atoms with Crippen molar-refractivity contribution in [3.8, 4) is 28.5 Å². The van der Waals surface area contributed by atoms with E-state index in [1.807, 2.05) is 42.5 Å². The molecule has 1 heterocycles. The molecule has 4 aromatic carbocycles. The summed E-state index contributed by atoms with van der Waals surface area (Å²) in [5.74, 6) is 1.60. The molecule has 5 nitrogen and oxygen atoms in total. The average molecular weight is 643 g/mol. The second kappa shape index (κ2) is 12.5. The molecule has 181 valence electrons. The molecule has 0 spiro atoms. The maximum atomic E-state index is 8.56. The van der Waals surface area contributed by atoms with Gasteiger partial charge in [0.15, 0.2) is 5.82 Å². The Balaban J connectivity index is 0.000000378. The van der Waals surface area contributed by atoms with Crippen LogP contribution < -0.4 is 0 Å². The third-order valence-electron chi connectivity index (χ3n) is 5.33. The molecule has 0 fully saturated rings. The molecule has 1 aromatic heterocycles. The van der Waals surface area contributed by atoms with Crippen LogP contribution in [0.4, 0.5) is 0 Å². The summed E-state index contributed by atoms with van der Waals surface area (Å²) in [5.41, 5.74) is 3.00. The Bertz CT molecular complexity index is 1270. The summed E-state index contributed by atoms with van der Waals surface area (Å²) in [4.78, 5) is 0. The van der Waals surface area contributed by atoms with Crippen molar-refractivity contribution in [1.82, 2.24) is 14.8 Å². The molecule has 35 heavy (non-hydrogen) atoms. The molecule has 0 saturated heterocycles. The molecular weight excluding hydrogens is 615 g/mol. The van der Waals surface area contributed by atoms with E-state index in [4.69, 9.17) is 10.2 Å². The van der Waals surface area contributed by atoms with Gasteiger partial charge in [-0.1, -0.05) is 66.7 Å². The number of fused-ring (bicyclic) bond motifs is 1. The van der Waals surface area contributed by atoms with Crippen molar-refractivity contribution in [1.29, 1.82) is 0 Å². The fourth-order valence-corrected chi connectivity index (χ4v) is 3.89. The summed E-state index contributed by atoms with van der Waals surface area (Å²) >= 11 is 0. The largest absolute Gasteiger partial charge is 0.393 e. The maximum absolute atomic E-state index is 8.56. The van der Waals surface area contributed by atoms with Gasteiger partial charge in [-0.15, -0.1) is 41.0 Å². The standard InChI is InChI=1S/C24H16N3.C5H12O2.Ir/c1-3-11-19(12-4-1)23-25-26-24(20-13-5-2-6-14-20)27(23)22-17-9-15-18-10-7-8-16-21(18)22;1-4(6)3-5(2)7;/h1-13,15-17H;4-7H,3H2,1-2H3;/q-1;;. The number of nitrogens with zero attached hydrogens (tertiary/aromatic N) is 3. The number of aliphatic hydroxyl groups excluding tert-OH is 2. The van der Waals surface area contributed by atoms with Crippen LogP contribution in [-0.4, -0.2) is 37.2 Å². The van der Waals surface area contributed by atoms with E-state index in [-0.39, 0.29) is 32.3 Å². The van der Waals surface area contributed by atoms with E-state index < -0.39 is 0 Å². The third-order valence-corrected chi connectivity index (χ3v) is 5.33. The Labute approximate surface area is 219 Å². The number of hydrogen-bond donors (Lipinski definition) is 2. The van der Waals surface area contributed by atoms with Gasteiger partial charge < -0.3 is 14.8 Å². The molecule has 1 radical (unpaired) electrons. The number of hydrogen-bond acceptors (Lipinski definition) is 4. The zero-order valence-corrected chi connectivity index (χ0v) is 22.1. The molecule has 5 rings (SSSR count). The molecular formula is C29H28IrN3O2-. The van der Waals surface area contributed by atoms with E-state index in [0.717, 1.165) is 33.8 Å². The van der Waals surface area contributed by atoms with Gasteiger partial charge >= 0.3 is 0 Å². The monoisotopic (exact) mass is 643 g/mol. The van der Waals surface area contributed by atoms with Crippen LogP contribution in [0.5, 0.6) is 0 Å². The first kappa shape index (κ1) is 26.5. The molecule has 2 atom stereocenters. The Kier molecular flexibility index (Phi) is 9.47. The van der Waals surface area contributed by atoms with Crippen molar-refractivity contribution in [2.45, 2.75) is 32.5 Å². The molecule has 5 aromatic rings. The van der Waals surface area contributed by atoms with E-state index in [1.165, 1.54) is 5.39 Å². The molecule has 0 aliphatic rings. The van der Waals surface area contributed by atoms with Crippen LogP contribution in [0.3, 0.4) is 0 Å². The summed E-state index contributed by atoms with van der Waals surface area (Å²) in [5, 5.41) is 28.5. The smallest absolute Gasteiger partial charge is 0.159 e. The molecule has 2 unspecified atom stereocenters. The van der Waals surface area contributed by atoms with Gasteiger partial charge in [0.25, 0.3) is 0 Å². The summed E-state index contributed by atoms with van der Waals surface area (Å²) in [6, 6.07) is 36.0. The maximum Gasteiger partial charge on any atom is 0.159 e. The zero-order valence-electron chi connectivity index (χ0n) is 19.7. The molecule has 0 saturated carbocycles. The van der Waals surface area contributed by atoms with Crippen molar-refractivity contribution >= 4 is 10.8 Å². The van der Waals surface area contributed by atoms with Gasteiger partial charge in [-0.2, -0.15) is 5.10 Å². The van der Waals surface area contributed by atoms with E-state index in [1.54, 1.807) is 13.8 Å².